The highest BCUT2D eigenvalue weighted by Crippen LogP contribution is 2.45. The van der Waals surface area contributed by atoms with Crippen LogP contribution in [0.15, 0.2) is 60.8 Å². The monoisotopic (exact) mass is 504 g/mol. The molecule has 2 saturated heterocycles. The standard InChI is InChI=1S/C30H32N6Si/c1-37(2)15-27(32-16-37)30-34-23-10-8-20-11-19(7-9-22(20)28(23)36-30)17-3-5-18(6-4-17)26-14-31-29(35-26)25-13-21-12-24(21)33-25/h3-11,14,21,24-25,27,32-33H,12-13,15-16H2,1-2H3,(H,31,35)(H,34,36)/t21-,24-,25+,27-/m0/s1. The summed E-state index contributed by atoms with van der Waals surface area (Å²) in [7, 11) is -1.14. The van der Waals surface area contributed by atoms with E-state index >= 15 is 0 Å². The van der Waals surface area contributed by atoms with Gasteiger partial charge in [0.15, 0.2) is 0 Å². The minimum Gasteiger partial charge on any atom is -0.341 e. The van der Waals surface area contributed by atoms with Crippen LogP contribution in [0.3, 0.4) is 0 Å². The molecule has 2 aliphatic heterocycles. The quantitative estimate of drug-likeness (QED) is 0.223. The maximum Gasteiger partial charge on any atom is 0.124 e. The zero-order chi connectivity index (χ0) is 24.7. The van der Waals surface area contributed by atoms with Crippen molar-refractivity contribution in [3.63, 3.8) is 0 Å². The van der Waals surface area contributed by atoms with Gasteiger partial charge >= 0.3 is 0 Å². The number of nitrogens with one attached hydrogen (secondary N) is 4. The molecule has 0 bridgehead atoms. The molecule has 3 aliphatic rings. The lowest BCUT2D eigenvalue weighted by Gasteiger charge is -2.11. The van der Waals surface area contributed by atoms with Crippen molar-refractivity contribution in [1.82, 2.24) is 30.6 Å². The molecular weight excluding hydrogens is 472 g/mol. The number of piperidine rings is 1. The molecule has 4 atom stereocenters. The lowest BCUT2D eigenvalue weighted by atomic mass is 9.99. The van der Waals surface area contributed by atoms with Gasteiger partial charge in [-0.2, -0.15) is 0 Å². The summed E-state index contributed by atoms with van der Waals surface area (Å²) in [4.78, 5) is 16.9. The molecule has 5 aromatic rings. The zero-order valence-electron chi connectivity index (χ0n) is 21.3. The summed E-state index contributed by atoms with van der Waals surface area (Å²) in [5.74, 6) is 3.02. The van der Waals surface area contributed by atoms with E-state index in [4.69, 9.17) is 4.98 Å². The predicted octanol–water partition coefficient (Wildman–Crippen LogP) is 6.09. The molecule has 7 heteroatoms. The fourth-order valence-corrected chi connectivity index (χ4v) is 8.88. The van der Waals surface area contributed by atoms with Gasteiger partial charge in [0.05, 0.1) is 43.1 Å². The van der Waals surface area contributed by atoms with Crippen LogP contribution in [-0.4, -0.2) is 40.2 Å². The molecule has 1 aliphatic carbocycles. The predicted molar refractivity (Wildman–Crippen MR) is 152 cm³/mol. The first-order chi connectivity index (χ1) is 18.0. The van der Waals surface area contributed by atoms with Crippen molar-refractivity contribution >= 4 is 29.9 Å². The third-order valence-electron chi connectivity index (χ3n) is 8.73. The van der Waals surface area contributed by atoms with Crippen molar-refractivity contribution < 1.29 is 0 Å². The molecule has 186 valence electrons. The van der Waals surface area contributed by atoms with Gasteiger partial charge in [-0.05, 0) is 65.2 Å². The number of hydrogen-bond acceptors (Lipinski definition) is 4. The Balaban J connectivity index is 1.06. The van der Waals surface area contributed by atoms with Crippen molar-refractivity contribution in [2.75, 3.05) is 6.17 Å². The lowest BCUT2D eigenvalue weighted by molar-refractivity contribution is 0.543. The molecule has 4 N–H and O–H groups in total. The zero-order valence-corrected chi connectivity index (χ0v) is 22.3. The van der Waals surface area contributed by atoms with Gasteiger partial charge in [-0.25, -0.2) is 9.97 Å². The fourth-order valence-electron chi connectivity index (χ4n) is 6.49. The normalized spacial score (nSPS) is 26.2. The summed E-state index contributed by atoms with van der Waals surface area (Å²) in [6.45, 7) is 4.90. The largest absolute Gasteiger partial charge is 0.341 e. The second-order valence-corrected chi connectivity index (χ2v) is 17.2. The molecule has 1 saturated carbocycles. The average molecular weight is 505 g/mol. The maximum absolute atomic E-state index is 5.06. The molecule has 37 heavy (non-hydrogen) atoms. The smallest absolute Gasteiger partial charge is 0.124 e. The molecule has 6 nitrogen and oxygen atoms in total. The van der Waals surface area contributed by atoms with Crippen LogP contribution in [0.25, 0.3) is 44.2 Å². The first-order valence-corrected chi connectivity index (χ1v) is 17.0. The summed E-state index contributed by atoms with van der Waals surface area (Å²) >= 11 is 0. The van der Waals surface area contributed by atoms with E-state index in [9.17, 15) is 0 Å². The second kappa shape index (κ2) is 7.87. The van der Waals surface area contributed by atoms with E-state index in [0.717, 1.165) is 46.5 Å². The third-order valence-corrected chi connectivity index (χ3v) is 11.4. The number of aromatic nitrogens is 4. The summed E-state index contributed by atoms with van der Waals surface area (Å²) in [5, 5.41) is 9.81. The Labute approximate surface area is 217 Å². The molecule has 3 fully saturated rings. The Morgan fingerprint density at radius 2 is 1.68 bits per heavy atom. The van der Waals surface area contributed by atoms with Crippen LogP contribution >= 0.6 is 0 Å². The number of H-pyrrole nitrogens is 2. The van der Waals surface area contributed by atoms with E-state index in [1.54, 1.807) is 0 Å². The summed E-state index contributed by atoms with van der Waals surface area (Å²) in [5.41, 5.74) is 6.89. The Morgan fingerprint density at radius 3 is 2.46 bits per heavy atom. The van der Waals surface area contributed by atoms with Gasteiger partial charge in [0.25, 0.3) is 0 Å². The van der Waals surface area contributed by atoms with Crippen molar-refractivity contribution in [3.8, 4) is 22.4 Å². The summed E-state index contributed by atoms with van der Waals surface area (Å²) < 4.78 is 0. The molecule has 0 unspecified atom stereocenters. The number of nitrogens with zero attached hydrogens (tertiary/aromatic N) is 2. The molecule has 8 rings (SSSR count). The minimum absolute atomic E-state index is 0.355. The summed E-state index contributed by atoms with van der Waals surface area (Å²) in [6.07, 6.45) is 5.69. The lowest BCUT2D eigenvalue weighted by Crippen LogP contribution is -2.28. The number of benzene rings is 3. The Morgan fingerprint density at radius 1 is 0.838 bits per heavy atom. The Bertz CT molecular complexity index is 1640. The van der Waals surface area contributed by atoms with Gasteiger partial charge in [0, 0.05) is 11.4 Å². The van der Waals surface area contributed by atoms with Crippen molar-refractivity contribution in [3.05, 3.63) is 72.4 Å². The number of imidazole rings is 2. The first kappa shape index (κ1) is 21.8. The molecule has 0 spiro atoms. The number of rotatable bonds is 4. The van der Waals surface area contributed by atoms with Gasteiger partial charge in [0.1, 0.15) is 11.6 Å². The molecule has 2 aromatic heterocycles. The highest BCUT2D eigenvalue weighted by atomic mass is 28.3. The second-order valence-electron chi connectivity index (χ2n) is 12.1. The van der Waals surface area contributed by atoms with Crippen LogP contribution in [0.1, 0.15) is 36.6 Å². The van der Waals surface area contributed by atoms with E-state index in [-0.39, 0.29) is 0 Å². The van der Waals surface area contributed by atoms with Crippen LogP contribution in [-0.2, 0) is 0 Å². The Hall–Kier alpha value is -3.26. The SMILES string of the molecule is C[Si]1(C)CN[C@H](c2nc3c(ccc4cc(-c5ccc(-c6cnc([C@H]7C[C@@H]8C[C@@H]8N7)[nH]6)cc5)ccc43)[nH]2)C1. The van der Waals surface area contributed by atoms with Gasteiger partial charge in [0.2, 0.25) is 0 Å². The highest BCUT2D eigenvalue weighted by molar-refractivity contribution is 6.78. The Kier molecular flexibility index (Phi) is 4.63. The maximum atomic E-state index is 5.06. The van der Waals surface area contributed by atoms with Gasteiger partial charge in [-0.1, -0.05) is 55.6 Å². The van der Waals surface area contributed by atoms with E-state index in [1.165, 1.54) is 46.3 Å². The van der Waals surface area contributed by atoms with Crippen molar-refractivity contribution in [2.45, 2.75) is 50.1 Å². The van der Waals surface area contributed by atoms with Crippen LogP contribution in [0, 0.1) is 5.92 Å². The fraction of sp³-hybridized carbons (Fsp3) is 0.333. The van der Waals surface area contributed by atoms with Crippen LogP contribution < -0.4 is 10.6 Å². The number of fused-ring (bicyclic) bond motifs is 4. The topological polar surface area (TPSA) is 81.4 Å². The van der Waals surface area contributed by atoms with E-state index in [1.807, 2.05) is 6.20 Å². The minimum atomic E-state index is -1.14. The molecule has 0 amide bonds. The van der Waals surface area contributed by atoms with Crippen molar-refractivity contribution in [2.24, 2.45) is 5.92 Å². The summed E-state index contributed by atoms with van der Waals surface area (Å²) in [6, 6.07) is 22.6. The van der Waals surface area contributed by atoms with E-state index in [2.05, 4.69) is 93.3 Å². The molecule has 4 heterocycles. The molecular formula is C30H32N6Si. The number of aromatic amines is 2. The van der Waals surface area contributed by atoms with Crippen LogP contribution in [0.5, 0.6) is 0 Å². The average Bonchev–Trinajstić information content (AvgIpc) is 3.41. The van der Waals surface area contributed by atoms with Crippen LogP contribution in [0.4, 0.5) is 0 Å². The molecule has 3 aromatic carbocycles. The molecule has 0 radical (unpaired) electrons. The van der Waals surface area contributed by atoms with Crippen LogP contribution in [0.2, 0.25) is 19.1 Å². The van der Waals surface area contributed by atoms with E-state index in [0.29, 0.717) is 12.1 Å². The first-order valence-electron chi connectivity index (χ1n) is 13.6. The van der Waals surface area contributed by atoms with Crippen molar-refractivity contribution in [1.29, 1.82) is 0 Å². The third kappa shape index (κ3) is 3.76. The number of hydrogen-bond donors (Lipinski definition) is 4. The van der Waals surface area contributed by atoms with Gasteiger partial charge in [-0.3, -0.25) is 0 Å². The van der Waals surface area contributed by atoms with E-state index < -0.39 is 8.07 Å². The van der Waals surface area contributed by atoms with Gasteiger partial charge in [-0.15, -0.1) is 0 Å². The highest BCUT2D eigenvalue weighted by Gasteiger charge is 2.46. The van der Waals surface area contributed by atoms with Gasteiger partial charge < -0.3 is 20.6 Å².